The first-order chi connectivity index (χ1) is 10.6. The van der Waals surface area contributed by atoms with Crippen LogP contribution < -0.4 is 4.90 Å². The Morgan fingerprint density at radius 2 is 1.82 bits per heavy atom. The molecule has 1 fully saturated rings. The molecule has 1 amide bonds. The lowest BCUT2D eigenvalue weighted by atomic mass is 10.1. The Balaban J connectivity index is 1.95. The summed E-state index contributed by atoms with van der Waals surface area (Å²) in [6.07, 6.45) is 1.88. The molecule has 1 saturated heterocycles. The van der Waals surface area contributed by atoms with E-state index in [1.807, 2.05) is 61.5 Å². The second-order valence-electron chi connectivity index (χ2n) is 4.86. The molecule has 0 aromatic heterocycles. The lowest BCUT2D eigenvalue weighted by Gasteiger charge is -2.16. The number of carbonyl (C=O) groups excluding carboxylic acids is 1. The number of para-hydroxylation sites is 1. The fourth-order valence-electron chi connectivity index (χ4n) is 2.20. The number of nitrogens with zero attached hydrogens (tertiary/aromatic N) is 1. The number of benzene rings is 2. The van der Waals surface area contributed by atoms with Crippen LogP contribution in [0.4, 0.5) is 5.69 Å². The summed E-state index contributed by atoms with van der Waals surface area (Å²) in [7, 11) is 0. The summed E-state index contributed by atoms with van der Waals surface area (Å²) in [4.78, 5) is 14.9. The van der Waals surface area contributed by atoms with Crippen LogP contribution in [0, 0.1) is 6.92 Å². The third-order valence-corrected chi connectivity index (χ3v) is 5.15. The molecule has 0 unspecified atom stereocenters. The Bertz CT molecular complexity index is 784. The Hall–Kier alpha value is -1.43. The molecule has 0 radical (unpaired) electrons. The number of anilines is 1. The van der Waals surface area contributed by atoms with Gasteiger partial charge in [0.15, 0.2) is 4.32 Å². The van der Waals surface area contributed by atoms with Crippen molar-refractivity contribution in [3.8, 4) is 0 Å². The van der Waals surface area contributed by atoms with E-state index in [2.05, 4.69) is 15.9 Å². The minimum atomic E-state index is -0.0628. The van der Waals surface area contributed by atoms with E-state index >= 15 is 0 Å². The van der Waals surface area contributed by atoms with E-state index in [0.717, 1.165) is 21.3 Å². The zero-order chi connectivity index (χ0) is 15.7. The first-order valence-electron chi connectivity index (χ1n) is 6.65. The molecule has 0 saturated carbocycles. The maximum atomic E-state index is 12.7. The fourth-order valence-corrected chi connectivity index (χ4v) is 3.75. The standard InChI is InChI=1S/C17H12BrNOS2/c1-11-4-2-3-5-14(11)19-16(20)15(22-17(19)21)10-12-6-8-13(18)9-7-12/h2-10H,1H3/b15-10-. The average Bonchev–Trinajstić information content (AvgIpc) is 2.77. The van der Waals surface area contributed by atoms with Crippen molar-refractivity contribution in [1.82, 2.24) is 0 Å². The zero-order valence-corrected chi connectivity index (χ0v) is 15.0. The molecule has 22 heavy (non-hydrogen) atoms. The maximum absolute atomic E-state index is 12.7. The van der Waals surface area contributed by atoms with Crippen LogP contribution >= 0.6 is 39.9 Å². The summed E-state index contributed by atoms with van der Waals surface area (Å²) in [5, 5.41) is 0. The van der Waals surface area contributed by atoms with Crippen LogP contribution in [0.3, 0.4) is 0 Å². The Morgan fingerprint density at radius 3 is 2.50 bits per heavy atom. The highest BCUT2D eigenvalue weighted by atomic mass is 79.9. The highest BCUT2D eigenvalue weighted by molar-refractivity contribution is 9.10. The maximum Gasteiger partial charge on any atom is 0.270 e. The number of halogens is 1. The topological polar surface area (TPSA) is 20.3 Å². The number of aryl methyl sites for hydroxylation is 1. The van der Waals surface area contributed by atoms with Gasteiger partial charge >= 0.3 is 0 Å². The van der Waals surface area contributed by atoms with Gasteiger partial charge in [-0.15, -0.1) is 0 Å². The highest BCUT2D eigenvalue weighted by Gasteiger charge is 2.33. The summed E-state index contributed by atoms with van der Waals surface area (Å²) < 4.78 is 1.58. The molecule has 2 aromatic carbocycles. The van der Waals surface area contributed by atoms with Gasteiger partial charge in [0.1, 0.15) is 0 Å². The Morgan fingerprint density at radius 1 is 1.14 bits per heavy atom. The quantitative estimate of drug-likeness (QED) is 0.522. The van der Waals surface area contributed by atoms with Crippen molar-refractivity contribution in [2.45, 2.75) is 6.92 Å². The smallest absolute Gasteiger partial charge is 0.268 e. The largest absolute Gasteiger partial charge is 0.270 e. The number of hydrogen-bond donors (Lipinski definition) is 0. The van der Waals surface area contributed by atoms with E-state index in [1.54, 1.807) is 4.90 Å². The van der Waals surface area contributed by atoms with Crippen molar-refractivity contribution < 1.29 is 4.79 Å². The van der Waals surface area contributed by atoms with Crippen LogP contribution in [0.15, 0.2) is 57.9 Å². The van der Waals surface area contributed by atoms with Crippen molar-refractivity contribution in [2.75, 3.05) is 4.90 Å². The third-order valence-electron chi connectivity index (χ3n) is 3.32. The molecule has 2 nitrogen and oxygen atoms in total. The summed E-state index contributed by atoms with van der Waals surface area (Å²) in [6, 6.07) is 15.6. The van der Waals surface area contributed by atoms with E-state index in [-0.39, 0.29) is 5.91 Å². The van der Waals surface area contributed by atoms with Gasteiger partial charge in [0.05, 0.1) is 10.6 Å². The highest BCUT2D eigenvalue weighted by Crippen LogP contribution is 2.37. The average molecular weight is 390 g/mol. The van der Waals surface area contributed by atoms with Gasteiger partial charge in [0.25, 0.3) is 5.91 Å². The molecule has 0 spiro atoms. The Kier molecular flexibility index (Phi) is 4.47. The minimum Gasteiger partial charge on any atom is -0.268 e. The predicted molar refractivity (Wildman–Crippen MR) is 101 cm³/mol. The van der Waals surface area contributed by atoms with Crippen LogP contribution in [0.2, 0.25) is 0 Å². The second-order valence-corrected chi connectivity index (χ2v) is 7.45. The van der Waals surface area contributed by atoms with Gasteiger partial charge in [-0.3, -0.25) is 9.69 Å². The lowest BCUT2D eigenvalue weighted by molar-refractivity contribution is -0.113. The van der Waals surface area contributed by atoms with E-state index in [0.29, 0.717) is 9.23 Å². The molecule has 1 heterocycles. The fraction of sp³-hybridized carbons (Fsp3) is 0.0588. The summed E-state index contributed by atoms with van der Waals surface area (Å²) in [5.41, 5.74) is 2.86. The molecular weight excluding hydrogens is 378 g/mol. The number of rotatable bonds is 2. The Labute approximate surface area is 147 Å². The van der Waals surface area contributed by atoms with Crippen molar-refractivity contribution in [1.29, 1.82) is 0 Å². The molecule has 2 aromatic rings. The molecule has 0 atom stereocenters. The molecule has 3 rings (SSSR count). The number of hydrogen-bond acceptors (Lipinski definition) is 3. The molecule has 1 aliphatic rings. The molecule has 0 N–H and O–H groups in total. The first-order valence-corrected chi connectivity index (χ1v) is 8.67. The van der Waals surface area contributed by atoms with E-state index < -0.39 is 0 Å². The monoisotopic (exact) mass is 389 g/mol. The predicted octanol–water partition coefficient (Wildman–Crippen LogP) is 5.16. The minimum absolute atomic E-state index is 0.0628. The van der Waals surface area contributed by atoms with Crippen LogP contribution in [0.25, 0.3) is 6.08 Å². The van der Waals surface area contributed by atoms with Crippen LogP contribution in [0.1, 0.15) is 11.1 Å². The van der Waals surface area contributed by atoms with Crippen LogP contribution in [-0.2, 0) is 4.79 Å². The molecule has 0 aliphatic carbocycles. The molecule has 0 bridgehead atoms. The van der Waals surface area contributed by atoms with Crippen molar-refractivity contribution in [2.24, 2.45) is 0 Å². The first kappa shape index (κ1) is 15.5. The molecular formula is C17H12BrNOS2. The van der Waals surface area contributed by atoms with Gasteiger partial charge in [-0.1, -0.05) is 70.2 Å². The van der Waals surface area contributed by atoms with Crippen molar-refractivity contribution >= 4 is 61.9 Å². The number of thioether (sulfide) groups is 1. The van der Waals surface area contributed by atoms with Gasteiger partial charge in [-0.2, -0.15) is 0 Å². The van der Waals surface area contributed by atoms with E-state index in [4.69, 9.17) is 12.2 Å². The molecule has 110 valence electrons. The number of thiocarbonyl (C=S) groups is 1. The van der Waals surface area contributed by atoms with Crippen molar-refractivity contribution in [3.63, 3.8) is 0 Å². The third kappa shape index (κ3) is 3.02. The number of amides is 1. The summed E-state index contributed by atoms with van der Waals surface area (Å²) in [6.45, 7) is 1.98. The zero-order valence-electron chi connectivity index (χ0n) is 11.7. The van der Waals surface area contributed by atoms with Crippen molar-refractivity contribution in [3.05, 3.63) is 69.0 Å². The van der Waals surface area contributed by atoms with Gasteiger partial charge in [-0.05, 0) is 42.3 Å². The molecule has 1 aliphatic heterocycles. The van der Waals surface area contributed by atoms with Crippen LogP contribution in [-0.4, -0.2) is 10.2 Å². The summed E-state index contributed by atoms with van der Waals surface area (Å²) >= 11 is 10.1. The van der Waals surface area contributed by atoms with E-state index in [1.165, 1.54) is 11.8 Å². The van der Waals surface area contributed by atoms with Gasteiger partial charge < -0.3 is 0 Å². The van der Waals surface area contributed by atoms with E-state index in [9.17, 15) is 4.79 Å². The SMILES string of the molecule is Cc1ccccc1N1C(=O)/C(=C/c2ccc(Br)cc2)SC1=S. The summed E-state index contributed by atoms with van der Waals surface area (Å²) in [5.74, 6) is -0.0628. The number of carbonyl (C=O) groups is 1. The van der Waals surface area contributed by atoms with Gasteiger partial charge in [0, 0.05) is 4.47 Å². The van der Waals surface area contributed by atoms with Gasteiger partial charge in [-0.25, -0.2) is 0 Å². The van der Waals surface area contributed by atoms with Crippen LogP contribution in [0.5, 0.6) is 0 Å². The lowest BCUT2D eigenvalue weighted by Crippen LogP contribution is -2.28. The molecule has 5 heteroatoms. The normalized spacial score (nSPS) is 16.6. The second kappa shape index (κ2) is 6.36. The van der Waals surface area contributed by atoms with Gasteiger partial charge in [0.2, 0.25) is 0 Å².